The van der Waals surface area contributed by atoms with Crippen molar-refractivity contribution in [2.75, 3.05) is 0 Å². The normalized spacial score (nSPS) is 11.6. The molecule has 3 nitrogen and oxygen atoms in total. The van der Waals surface area contributed by atoms with Gasteiger partial charge >= 0.3 is 0 Å². The summed E-state index contributed by atoms with van der Waals surface area (Å²) in [6.07, 6.45) is 1.98. The summed E-state index contributed by atoms with van der Waals surface area (Å²) in [6.45, 7) is 0. The van der Waals surface area contributed by atoms with Crippen molar-refractivity contribution in [2.24, 2.45) is 0 Å². The largest absolute Gasteiger partial charge is 0.309 e. The molecule has 0 radical (unpaired) electrons. The number of benzene rings is 6. The van der Waals surface area contributed by atoms with Crippen molar-refractivity contribution < 1.29 is 0 Å². The van der Waals surface area contributed by atoms with Crippen LogP contribution in [-0.2, 0) is 0 Å². The molecule has 0 atom stereocenters. The number of para-hydroxylation sites is 2. The maximum absolute atomic E-state index is 4.99. The number of hydrogen-bond donors (Lipinski definition) is 0. The Kier molecular flexibility index (Phi) is 5.50. The molecule has 0 amide bonds. The summed E-state index contributed by atoms with van der Waals surface area (Å²) in [5, 5.41) is 4.93. The van der Waals surface area contributed by atoms with E-state index in [-0.39, 0.29) is 0 Å². The van der Waals surface area contributed by atoms with Crippen LogP contribution < -0.4 is 0 Å². The van der Waals surface area contributed by atoms with Gasteiger partial charge in [-0.05, 0) is 59.2 Å². The maximum atomic E-state index is 4.99. The highest BCUT2D eigenvalue weighted by molar-refractivity contribution is 6.12. The third-order valence-corrected chi connectivity index (χ3v) is 8.78. The van der Waals surface area contributed by atoms with Gasteiger partial charge in [0.1, 0.15) is 5.82 Å². The van der Waals surface area contributed by atoms with Crippen molar-refractivity contribution in [3.05, 3.63) is 164 Å². The predicted octanol–water partition coefficient (Wildman–Crippen LogP) is 10.6. The van der Waals surface area contributed by atoms with E-state index in [1.165, 1.54) is 43.7 Å². The van der Waals surface area contributed by atoms with Gasteiger partial charge in [-0.2, -0.15) is 0 Å². The third kappa shape index (κ3) is 3.80. The average Bonchev–Trinajstić information content (AvgIpc) is 3.61. The van der Waals surface area contributed by atoms with Gasteiger partial charge in [-0.3, -0.25) is 4.57 Å². The standard InChI is InChI=1S/C41H27N3/c1-3-11-28(12-4-1)30-19-22-35-33-15-7-9-17-37(33)43(39(35)25-30)32-21-23-36-34-16-8-10-18-38(34)44(40(36)26-32)41-24-20-31(27-42-41)29-13-5-2-6-14-29/h1-27H. The molecule has 3 aromatic heterocycles. The van der Waals surface area contributed by atoms with Gasteiger partial charge in [0.15, 0.2) is 0 Å². The van der Waals surface area contributed by atoms with E-state index in [0.29, 0.717) is 0 Å². The second kappa shape index (κ2) is 9.82. The lowest BCUT2D eigenvalue weighted by Crippen LogP contribution is -1.99. The molecule has 0 N–H and O–H groups in total. The number of fused-ring (bicyclic) bond motifs is 6. The van der Waals surface area contributed by atoms with Gasteiger partial charge in [0.25, 0.3) is 0 Å². The number of nitrogens with zero attached hydrogens (tertiary/aromatic N) is 3. The highest BCUT2D eigenvalue weighted by atomic mass is 15.1. The fourth-order valence-corrected chi connectivity index (χ4v) is 6.72. The molecule has 9 rings (SSSR count). The van der Waals surface area contributed by atoms with E-state index in [2.05, 4.69) is 161 Å². The van der Waals surface area contributed by atoms with Crippen molar-refractivity contribution in [1.82, 2.24) is 14.1 Å². The molecule has 3 heterocycles. The Labute approximate surface area is 254 Å². The van der Waals surface area contributed by atoms with E-state index in [1.54, 1.807) is 0 Å². The molecular weight excluding hydrogens is 534 g/mol. The van der Waals surface area contributed by atoms with Crippen LogP contribution in [0, 0.1) is 0 Å². The zero-order valence-electron chi connectivity index (χ0n) is 23.9. The van der Waals surface area contributed by atoms with Crippen molar-refractivity contribution in [3.63, 3.8) is 0 Å². The minimum Gasteiger partial charge on any atom is -0.309 e. The van der Waals surface area contributed by atoms with Crippen molar-refractivity contribution in [3.8, 4) is 33.8 Å². The van der Waals surface area contributed by atoms with Gasteiger partial charge in [-0.15, -0.1) is 0 Å². The Morgan fingerprint density at radius 3 is 1.52 bits per heavy atom. The monoisotopic (exact) mass is 561 g/mol. The molecule has 0 saturated heterocycles. The van der Waals surface area contributed by atoms with Crippen molar-refractivity contribution in [1.29, 1.82) is 0 Å². The second-order valence-electron chi connectivity index (χ2n) is 11.3. The first-order valence-corrected chi connectivity index (χ1v) is 15.0. The van der Waals surface area contributed by atoms with Crippen LogP contribution in [-0.4, -0.2) is 14.1 Å². The fourth-order valence-electron chi connectivity index (χ4n) is 6.72. The Morgan fingerprint density at radius 1 is 0.341 bits per heavy atom. The summed E-state index contributed by atoms with van der Waals surface area (Å²) < 4.78 is 4.71. The quantitative estimate of drug-likeness (QED) is 0.210. The van der Waals surface area contributed by atoms with Gasteiger partial charge in [-0.25, -0.2) is 4.98 Å². The highest BCUT2D eigenvalue weighted by Crippen LogP contribution is 2.38. The maximum Gasteiger partial charge on any atom is 0.137 e. The lowest BCUT2D eigenvalue weighted by atomic mass is 10.0. The number of rotatable bonds is 4. The average molecular weight is 562 g/mol. The van der Waals surface area contributed by atoms with Gasteiger partial charge in [0.2, 0.25) is 0 Å². The van der Waals surface area contributed by atoms with Crippen LogP contribution in [0.25, 0.3) is 77.4 Å². The predicted molar refractivity (Wildman–Crippen MR) is 184 cm³/mol. The Hall–Kier alpha value is -5.93. The summed E-state index contributed by atoms with van der Waals surface area (Å²) >= 11 is 0. The number of aromatic nitrogens is 3. The summed E-state index contributed by atoms with van der Waals surface area (Å²) in [7, 11) is 0. The van der Waals surface area contributed by atoms with E-state index in [9.17, 15) is 0 Å². The van der Waals surface area contributed by atoms with Crippen LogP contribution in [0.1, 0.15) is 0 Å². The summed E-state index contributed by atoms with van der Waals surface area (Å²) in [5.74, 6) is 0.904. The molecule has 206 valence electrons. The molecule has 0 aliphatic heterocycles. The van der Waals surface area contributed by atoms with Crippen LogP contribution in [0.3, 0.4) is 0 Å². The van der Waals surface area contributed by atoms with E-state index in [1.807, 2.05) is 12.3 Å². The van der Waals surface area contributed by atoms with E-state index in [0.717, 1.165) is 33.7 Å². The lowest BCUT2D eigenvalue weighted by Gasteiger charge is -2.12. The van der Waals surface area contributed by atoms with Crippen molar-refractivity contribution in [2.45, 2.75) is 0 Å². The van der Waals surface area contributed by atoms with E-state index in [4.69, 9.17) is 4.98 Å². The lowest BCUT2D eigenvalue weighted by molar-refractivity contribution is 1.08. The van der Waals surface area contributed by atoms with Crippen LogP contribution in [0.15, 0.2) is 164 Å². The second-order valence-corrected chi connectivity index (χ2v) is 11.3. The first kappa shape index (κ1) is 24.6. The topological polar surface area (TPSA) is 22.8 Å². The highest BCUT2D eigenvalue weighted by Gasteiger charge is 2.17. The number of pyridine rings is 1. The van der Waals surface area contributed by atoms with Gasteiger partial charge in [0, 0.05) is 39.0 Å². The van der Waals surface area contributed by atoms with E-state index < -0.39 is 0 Å². The molecule has 9 aromatic rings. The molecule has 3 heteroatoms. The van der Waals surface area contributed by atoms with Gasteiger partial charge < -0.3 is 4.57 Å². The Balaban J connectivity index is 1.29. The molecule has 0 bridgehead atoms. The van der Waals surface area contributed by atoms with Crippen LogP contribution in [0.2, 0.25) is 0 Å². The SMILES string of the molecule is c1ccc(-c2ccc(-n3c4ccccc4c4ccc(-n5c6ccccc6c6ccc(-c7ccccc7)cc65)cc43)nc2)cc1. The Morgan fingerprint density at radius 2 is 0.864 bits per heavy atom. The zero-order valence-corrected chi connectivity index (χ0v) is 23.9. The fraction of sp³-hybridized carbons (Fsp3) is 0. The smallest absolute Gasteiger partial charge is 0.137 e. The summed E-state index contributed by atoms with van der Waals surface area (Å²) in [6, 6.07) is 56.3. The molecule has 0 spiro atoms. The van der Waals surface area contributed by atoms with Gasteiger partial charge in [0.05, 0.1) is 22.1 Å². The van der Waals surface area contributed by atoms with Gasteiger partial charge in [-0.1, -0.05) is 115 Å². The van der Waals surface area contributed by atoms with Crippen molar-refractivity contribution >= 4 is 43.6 Å². The first-order valence-electron chi connectivity index (χ1n) is 15.0. The molecule has 0 saturated carbocycles. The summed E-state index contributed by atoms with van der Waals surface area (Å²) in [5.41, 5.74) is 10.5. The summed E-state index contributed by atoms with van der Waals surface area (Å²) in [4.78, 5) is 4.99. The molecule has 44 heavy (non-hydrogen) atoms. The number of hydrogen-bond acceptors (Lipinski definition) is 1. The molecule has 6 aromatic carbocycles. The zero-order chi connectivity index (χ0) is 29.0. The minimum absolute atomic E-state index is 0.904. The van der Waals surface area contributed by atoms with Crippen LogP contribution >= 0.6 is 0 Å². The molecule has 0 fully saturated rings. The molecule has 0 unspecified atom stereocenters. The first-order chi connectivity index (χ1) is 21.8. The minimum atomic E-state index is 0.904. The van der Waals surface area contributed by atoms with Crippen LogP contribution in [0.4, 0.5) is 0 Å². The Bertz CT molecular complexity index is 2470. The van der Waals surface area contributed by atoms with Crippen LogP contribution in [0.5, 0.6) is 0 Å². The van der Waals surface area contributed by atoms with E-state index >= 15 is 0 Å². The third-order valence-electron chi connectivity index (χ3n) is 8.78. The molecule has 0 aliphatic carbocycles. The molecular formula is C41H27N3. The molecule has 0 aliphatic rings.